The number of nitrogens with zero attached hydrogens (tertiary/aromatic N) is 2. The van der Waals surface area contributed by atoms with E-state index in [2.05, 4.69) is 25.8 Å². The van der Waals surface area contributed by atoms with Crippen LogP contribution in [-0.2, 0) is 6.54 Å². The molecule has 0 radical (unpaired) electrons. The third-order valence-electron chi connectivity index (χ3n) is 3.54. The lowest BCUT2D eigenvalue weighted by atomic mass is 10.1. The minimum absolute atomic E-state index is 0.0115. The van der Waals surface area contributed by atoms with E-state index in [4.69, 9.17) is 5.11 Å². The highest BCUT2D eigenvalue weighted by Gasteiger charge is 2.10. The quantitative estimate of drug-likeness (QED) is 0.624. The number of H-pyrrole nitrogens is 1. The molecular formula is C16H23N5O2. The summed E-state index contributed by atoms with van der Waals surface area (Å²) in [5.41, 5.74) is 1.87. The summed E-state index contributed by atoms with van der Waals surface area (Å²) in [4.78, 5) is 16.2. The van der Waals surface area contributed by atoms with E-state index in [9.17, 15) is 4.79 Å². The van der Waals surface area contributed by atoms with Gasteiger partial charge in [0.2, 0.25) is 0 Å². The van der Waals surface area contributed by atoms with E-state index in [1.54, 1.807) is 0 Å². The summed E-state index contributed by atoms with van der Waals surface area (Å²) in [5.74, 6) is 1.40. The molecule has 1 atom stereocenters. The second-order valence-electron chi connectivity index (χ2n) is 5.39. The van der Waals surface area contributed by atoms with Crippen LogP contribution in [0.4, 0.5) is 4.79 Å². The number of aryl methyl sites for hydroxylation is 1. The van der Waals surface area contributed by atoms with Crippen molar-refractivity contribution in [1.29, 1.82) is 0 Å². The maximum absolute atomic E-state index is 11.9. The number of nitrogens with one attached hydrogen (secondary N) is 3. The van der Waals surface area contributed by atoms with Crippen molar-refractivity contribution in [3.05, 3.63) is 35.7 Å². The monoisotopic (exact) mass is 317 g/mol. The van der Waals surface area contributed by atoms with E-state index in [0.29, 0.717) is 18.8 Å². The van der Waals surface area contributed by atoms with Crippen LogP contribution in [-0.4, -0.2) is 39.0 Å². The van der Waals surface area contributed by atoms with Gasteiger partial charge in [-0.1, -0.05) is 25.1 Å². The molecule has 23 heavy (non-hydrogen) atoms. The van der Waals surface area contributed by atoms with Crippen LogP contribution < -0.4 is 10.6 Å². The fraction of sp³-hybridized carbons (Fsp3) is 0.438. The minimum Gasteiger partial charge on any atom is -0.396 e. The van der Waals surface area contributed by atoms with Gasteiger partial charge in [0.25, 0.3) is 0 Å². The lowest BCUT2D eigenvalue weighted by Crippen LogP contribution is -2.41. The van der Waals surface area contributed by atoms with Crippen molar-refractivity contribution in [3.8, 4) is 11.4 Å². The van der Waals surface area contributed by atoms with Crippen molar-refractivity contribution in [2.75, 3.05) is 6.61 Å². The number of rotatable bonds is 7. The summed E-state index contributed by atoms with van der Waals surface area (Å²) in [5, 5.41) is 21.6. The molecule has 0 spiro atoms. The van der Waals surface area contributed by atoms with Crippen molar-refractivity contribution in [2.45, 2.75) is 39.3 Å². The molecule has 0 aliphatic carbocycles. The van der Waals surface area contributed by atoms with E-state index in [-0.39, 0.29) is 18.7 Å². The highest BCUT2D eigenvalue weighted by molar-refractivity contribution is 5.74. The first-order valence-corrected chi connectivity index (χ1v) is 7.76. The Morgan fingerprint density at radius 2 is 2.26 bits per heavy atom. The molecule has 2 rings (SSSR count). The number of aromatic nitrogens is 3. The number of aliphatic hydroxyl groups excluding tert-OH is 1. The first-order chi connectivity index (χ1) is 11.1. The molecule has 1 aromatic carbocycles. The van der Waals surface area contributed by atoms with Crippen molar-refractivity contribution < 1.29 is 9.90 Å². The average molecular weight is 317 g/mol. The van der Waals surface area contributed by atoms with Crippen LogP contribution in [0.25, 0.3) is 11.4 Å². The van der Waals surface area contributed by atoms with E-state index >= 15 is 0 Å². The second kappa shape index (κ2) is 8.28. The molecule has 0 bridgehead atoms. The van der Waals surface area contributed by atoms with Gasteiger partial charge in [-0.25, -0.2) is 9.78 Å². The van der Waals surface area contributed by atoms with Crippen LogP contribution in [0.1, 0.15) is 31.2 Å². The molecule has 1 aromatic heterocycles. The van der Waals surface area contributed by atoms with Crippen LogP contribution in [0, 0.1) is 6.92 Å². The van der Waals surface area contributed by atoms with Gasteiger partial charge in [0.1, 0.15) is 5.82 Å². The van der Waals surface area contributed by atoms with Gasteiger partial charge in [-0.05, 0) is 31.4 Å². The molecule has 2 aromatic rings. The summed E-state index contributed by atoms with van der Waals surface area (Å²) in [7, 11) is 0. The number of aromatic amines is 1. The molecule has 1 heterocycles. The summed E-state index contributed by atoms with van der Waals surface area (Å²) in [6.07, 6.45) is 1.34. The van der Waals surface area contributed by atoms with E-state index in [1.807, 2.05) is 38.1 Å². The molecule has 7 nitrogen and oxygen atoms in total. The molecule has 7 heteroatoms. The molecule has 0 saturated carbocycles. The van der Waals surface area contributed by atoms with Gasteiger partial charge in [-0.3, -0.25) is 5.10 Å². The van der Waals surface area contributed by atoms with E-state index in [1.165, 1.54) is 0 Å². The fourth-order valence-corrected chi connectivity index (χ4v) is 2.25. The molecule has 0 aliphatic rings. The van der Waals surface area contributed by atoms with Gasteiger partial charge in [-0.15, -0.1) is 0 Å². The van der Waals surface area contributed by atoms with Gasteiger partial charge in [-0.2, -0.15) is 5.10 Å². The standard InChI is InChI=1S/C16H23N5O2/c1-3-14(7-8-22)19-16(23)17-10-12-5-4-6-13(9-12)15-18-11(2)20-21-15/h4-6,9,14,22H,3,7-8,10H2,1-2H3,(H2,17,19,23)(H,18,20,21). The van der Waals surface area contributed by atoms with Gasteiger partial charge in [0.05, 0.1) is 0 Å². The maximum Gasteiger partial charge on any atom is 0.315 e. The summed E-state index contributed by atoms with van der Waals surface area (Å²) in [6.45, 7) is 4.31. The lowest BCUT2D eigenvalue weighted by Gasteiger charge is -2.16. The molecule has 4 N–H and O–H groups in total. The number of aliphatic hydroxyl groups is 1. The SMILES string of the molecule is CCC(CCO)NC(=O)NCc1cccc(-c2n[nH]c(C)n2)c1. The van der Waals surface area contributed by atoms with Crippen LogP contribution in [0.2, 0.25) is 0 Å². The Morgan fingerprint density at radius 3 is 2.91 bits per heavy atom. The molecule has 1 unspecified atom stereocenters. The summed E-state index contributed by atoms with van der Waals surface area (Å²) < 4.78 is 0. The van der Waals surface area contributed by atoms with Crippen LogP contribution in [0.15, 0.2) is 24.3 Å². The fourth-order valence-electron chi connectivity index (χ4n) is 2.25. The molecule has 124 valence electrons. The number of benzene rings is 1. The number of carbonyl (C=O) groups is 1. The van der Waals surface area contributed by atoms with Crippen molar-refractivity contribution in [3.63, 3.8) is 0 Å². The van der Waals surface area contributed by atoms with E-state index < -0.39 is 0 Å². The number of hydrogen-bond donors (Lipinski definition) is 4. The number of urea groups is 1. The topological polar surface area (TPSA) is 103 Å². The highest BCUT2D eigenvalue weighted by atomic mass is 16.3. The van der Waals surface area contributed by atoms with Crippen molar-refractivity contribution in [1.82, 2.24) is 25.8 Å². The first kappa shape index (κ1) is 17.0. The largest absolute Gasteiger partial charge is 0.396 e. The Bertz CT molecular complexity index is 641. The Morgan fingerprint density at radius 1 is 1.43 bits per heavy atom. The lowest BCUT2D eigenvalue weighted by molar-refractivity contribution is 0.227. The third-order valence-corrected chi connectivity index (χ3v) is 3.54. The first-order valence-electron chi connectivity index (χ1n) is 7.76. The normalized spacial score (nSPS) is 12.0. The van der Waals surface area contributed by atoms with Gasteiger partial charge in [0, 0.05) is 24.8 Å². The van der Waals surface area contributed by atoms with Crippen molar-refractivity contribution in [2.24, 2.45) is 0 Å². The Kier molecular flexibility index (Phi) is 6.10. The molecule has 0 fully saturated rings. The van der Waals surface area contributed by atoms with Crippen LogP contribution >= 0.6 is 0 Å². The summed E-state index contributed by atoms with van der Waals surface area (Å²) >= 11 is 0. The Balaban J connectivity index is 1.92. The predicted octanol–water partition coefficient (Wildman–Crippen LogP) is 1.74. The molecule has 0 saturated heterocycles. The van der Waals surface area contributed by atoms with Crippen LogP contribution in [0.5, 0.6) is 0 Å². The Labute approximate surface area is 135 Å². The van der Waals surface area contributed by atoms with Crippen LogP contribution in [0.3, 0.4) is 0 Å². The van der Waals surface area contributed by atoms with Gasteiger partial charge >= 0.3 is 6.03 Å². The molecule has 2 amide bonds. The smallest absolute Gasteiger partial charge is 0.315 e. The molecule has 0 aliphatic heterocycles. The molecular weight excluding hydrogens is 294 g/mol. The zero-order valence-corrected chi connectivity index (χ0v) is 13.5. The zero-order valence-electron chi connectivity index (χ0n) is 13.5. The third kappa shape index (κ3) is 5.07. The van der Waals surface area contributed by atoms with Gasteiger partial charge in [0.15, 0.2) is 5.82 Å². The highest BCUT2D eigenvalue weighted by Crippen LogP contribution is 2.16. The summed E-state index contributed by atoms with van der Waals surface area (Å²) in [6, 6.07) is 7.49. The Hall–Kier alpha value is -2.41. The number of hydrogen-bond acceptors (Lipinski definition) is 4. The predicted molar refractivity (Wildman–Crippen MR) is 87.7 cm³/mol. The van der Waals surface area contributed by atoms with Crippen molar-refractivity contribution >= 4 is 6.03 Å². The zero-order chi connectivity index (χ0) is 16.7. The van der Waals surface area contributed by atoms with Gasteiger partial charge < -0.3 is 15.7 Å². The second-order valence-corrected chi connectivity index (χ2v) is 5.39. The average Bonchev–Trinajstić information content (AvgIpc) is 2.99. The number of amides is 2. The number of carbonyl (C=O) groups excluding carboxylic acids is 1. The van der Waals surface area contributed by atoms with E-state index in [0.717, 1.165) is 23.4 Å². The maximum atomic E-state index is 11.9. The minimum atomic E-state index is -0.232.